The lowest BCUT2D eigenvalue weighted by Crippen LogP contribution is -2.59. The SMILES string of the molecule is COC(C[N+](C)(C)C)(OC)N(C)C.F[B-](F)(F)F. The van der Waals surface area contributed by atoms with Crippen molar-refractivity contribution in [2.75, 3.05) is 56.0 Å². The highest BCUT2D eigenvalue weighted by Gasteiger charge is 2.38. The second kappa shape index (κ2) is 7.27. The minimum absolute atomic E-state index is 0.627. The van der Waals surface area contributed by atoms with Crippen molar-refractivity contribution in [2.45, 2.75) is 5.91 Å². The third-order valence-electron chi connectivity index (χ3n) is 1.99. The second-order valence-corrected chi connectivity index (χ2v) is 4.96. The molecule has 0 heterocycles. The minimum atomic E-state index is -6.00. The van der Waals surface area contributed by atoms with Crippen molar-refractivity contribution in [3.8, 4) is 0 Å². The van der Waals surface area contributed by atoms with Crippen molar-refractivity contribution >= 4 is 7.25 Å². The number of likely N-dealkylation sites (N-methyl/N-ethyl adjacent to an activating group) is 2. The highest BCUT2D eigenvalue weighted by atomic mass is 19.5. The van der Waals surface area contributed by atoms with Gasteiger partial charge >= 0.3 is 7.25 Å². The molecule has 0 saturated carbocycles. The Kier molecular flexibility index (Phi) is 8.06. The first-order chi connectivity index (χ1) is 7.77. The highest BCUT2D eigenvalue weighted by molar-refractivity contribution is 6.50. The van der Waals surface area contributed by atoms with Gasteiger partial charge < -0.3 is 31.2 Å². The fraction of sp³-hybridized carbons (Fsp3) is 1.00. The normalized spacial score (nSPS) is 13.3. The molecule has 4 nitrogen and oxygen atoms in total. The molecule has 0 aliphatic carbocycles. The van der Waals surface area contributed by atoms with Gasteiger partial charge in [-0.2, -0.15) is 0 Å². The third-order valence-corrected chi connectivity index (χ3v) is 1.99. The van der Waals surface area contributed by atoms with Gasteiger partial charge in [0.15, 0.2) is 0 Å². The van der Waals surface area contributed by atoms with E-state index in [4.69, 9.17) is 9.47 Å². The first-order valence-electron chi connectivity index (χ1n) is 5.23. The van der Waals surface area contributed by atoms with Gasteiger partial charge in [0.05, 0.1) is 21.1 Å². The summed E-state index contributed by atoms with van der Waals surface area (Å²) in [6.07, 6.45) is 0. The molecule has 0 saturated heterocycles. The third kappa shape index (κ3) is 10.8. The fourth-order valence-corrected chi connectivity index (χ4v) is 1.32. The summed E-state index contributed by atoms with van der Waals surface area (Å²) in [5.41, 5.74) is 0. The highest BCUT2D eigenvalue weighted by Crippen LogP contribution is 2.17. The Labute approximate surface area is 106 Å². The first-order valence-corrected chi connectivity index (χ1v) is 5.23. The lowest BCUT2D eigenvalue weighted by molar-refractivity contribution is -0.883. The van der Waals surface area contributed by atoms with Crippen LogP contribution in [0.15, 0.2) is 0 Å². The van der Waals surface area contributed by atoms with E-state index in [1.54, 1.807) is 14.2 Å². The van der Waals surface area contributed by atoms with E-state index in [-0.39, 0.29) is 0 Å². The summed E-state index contributed by atoms with van der Waals surface area (Å²) in [4.78, 5) is 1.94. The maximum atomic E-state index is 9.75. The van der Waals surface area contributed by atoms with Crippen LogP contribution in [0.5, 0.6) is 0 Å². The number of hydrogen-bond donors (Lipinski definition) is 0. The van der Waals surface area contributed by atoms with Gasteiger partial charge in [0, 0.05) is 14.2 Å². The fourth-order valence-electron chi connectivity index (χ4n) is 1.32. The molecule has 112 valence electrons. The van der Waals surface area contributed by atoms with Gasteiger partial charge in [0.1, 0.15) is 6.54 Å². The number of nitrogens with zero attached hydrogens (tertiary/aromatic N) is 2. The summed E-state index contributed by atoms with van der Waals surface area (Å²) >= 11 is 0. The van der Waals surface area contributed by atoms with Crippen LogP contribution in [0.2, 0.25) is 0 Å². The molecule has 0 aromatic carbocycles. The molecule has 0 radical (unpaired) electrons. The van der Waals surface area contributed by atoms with Crippen LogP contribution in [0.1, 0.15) is 0 Å². The Balaban J connectivity index is 0. The molecule has 0 amide bonds. The van der Waals surface area contributed by atoms with Crippen molar-refractivity contribution < 1.29 is 31.2 Å². The number of methoxy groups -OCH3 is 2. The topological polar surface area (TPSA) is 21.7 Å². The van der Waals surface area contributed by atoms with Crippen LogP contribution in [-0.4, -0.2) is 78.6 Å². The Morgan fingerprint density at radius 3 is 1.33 bits per heavy atom. The van der Waals surface area contributed by atoms with Crippen LogP contribution in [0.25, 0.3) is 0 Å². The van der Waals surface area contributed by atoms with E-state index < -0.39 is 13.2 Å². The summed E-state index contributed by atoms with van der Waals surface area (Å²) < 4.78 is 50.6. The average molecular weight is 278 g/mol. The Bertz CT molecular complexity index is 222. The number of ether oxygens (including phenoxy) is 2. The van der Waals surface area contributed by atoms with E-state index in [1.807, 2.05) is 19.0 Å². The standard InChI is InChI=1S/C9H23N2O2.BF4/c1-10(2)9(12-6,13-7)8-11(3,4)5;2-1(3,4)5/h8H2,1-7H3;/q+1;-1. The summed E-state index contributed by atoms with van der Waals surface area (Å²) in [6, 6.07) is 0. The van der Waals surface area contributed by atoms with Crippen molar-refractivity contribution in [2.24, 2.45) is 0 Å². The average Bonchev–Trinajstić information content (AvgIpc) is 2.09. The maximum absolute atomic E-state index is 9.75. The van der Waals surface area contributed by atoms with E-state index in [9.17, 15) is 17.3 Å². The molecule has 0 spiro atoms. The number of rotatable bonds is 5. The Morgan fingerprint density at radius 2 is 1.28 bits per heavy atom. The zero-order chi connectivity index (χ0) is 15.2. The van der Waals surface area contributed by atoms with E-state index >= 15 is 0 Å². The molecular formula is C9H23BF4N2O2. The van der Waals surface area contributed by atoms with E-state index in [2.05, 4.69) is 21.1 Å². The van der Waals surface area contributed by atoms with Gasteiger partial charge in [-0.25, -0.2) is 0 Å². The van der Waals surface area contributed by atoms with Gasteiger partial charge in [-0.1, -0.05) is 0 Å². The Hall–Kier alpha value is -0.375. The first kappa shape index (κ1) is 20.0. The zero-order valence-corrected chi connectivity index (χ0v) is 12.0. The Morgan fingerprint density at radius 1 is 1.00 bits per heavy atom. The minimum Gasteiger partial charge on any atom is -0.418 e. The summed E-state index contributed by atoms with van der Waals surface area (Å²) in [5, 5.41) is 0. The lowest BCUT2D eigenvalue weighted by Gasteiger charge is -2.40. The second-order valence-electron chi connectivity index (χ2n) is 4.96. The number of hydrogen-bond acceptors (Lipinski definition) is 3. The summed E-state index contributed by atoms with van der Waals surface area (Å²) in [7, 11) is 7.55. The van der Waals surface area contributed by atoms with Gasteiger partial charge in [0.25, 0.3) is 5.91 Å². The molecule has 0 aromatic rings. The lowest BCUT2D eigenvalue weighted by atomic mass is 10.3. The molecule has 0 rings (SSSR count). The van der Waals surface area contributed by atoms with Gasteiger partial charge in [0.2, 0.25) is 0 Å². The smallest absolute Gasteiger partial charge is 0.418 e. The molecular weight excluding hydrogens is 255 g/mol. The van der Waals surface area contributed by atoms with E-state index in [0.29, 0.717) is 0 Å². The predicted octanol–water partition coefficient (Wildman–Crippen LogP) is 1.50. The molecule has 0 N–H and O–H groups in total. The van der Waals surface area contributed by atoms with Crippen molar-refractivity contribution in [3.05, 3.63) is 0 Å². The summed E-state index contributed by atoms with van der Waals surface area (Å²) in [5.74, 6) is -0.627. The van der Waals surface area contributed by atoms with Crippen LogP contribution in [0.4, 0.5) is 17.3 Å². The maximum Gasteiger partial charge on any atom is 0.673 e. The largest absolute Gasteiger partial charge is 0.673 e. The van der Waals surface area contributed by atoms with Crippen molar-refractivity contribution in [1.82, 2.24) is 4.90 Å². The van der Waals surface area contributed by atoms with Gasteiger partial charge in [-0.15, -0.1) is 0 Å². The van der Waals surface area contributed by atoms with Crippen molar-refractivity contribution in [1.29, 1.82) is 0 Å². The van der Waals surface area contributed by atoms with Crippen LogP contribution in [-0.2, 0) is 9.47 Å². The van der Waals surface area contributed by atoms with Gasteiger partial charge in [-0.3, -0.25) is 4.90 Å². The van der Waals surface area contributed by atoms with Crippen LogP contribution in [0.3, 0.4) is 0 Å². The van der Waals surface area contributed by atoms with E-state index in [0.717, 1.165) is 11.0 Å². The van der Waals surface area contributed by atoms with Crippen molar-refractivity contribution in [3.63, 3.8) is 0 Å². The summed E-state index contributed by atoms with van der Waals surface area (Å²) in [6.45, 7) is 0.771. The molecule has 0 aliphatic heterocycles. The number of halogens is 4. The molecule has 0 fully saturated rings. The molecule has 0 bridgehead atoms. The van der Waals surface area contributed by atoms with E-state index in [1.165, 1.54) is 0 Å². The monoisotopic (exact) mass is 278 g/mol. The molecule has 18 heavy (non-hydrogen) atoms. The molecule has 0 unspecified atom stereocenters. The molecule has 0 aliphatic rings. The molecule has 0 aromatic heterocycles. The molecule has 0 atom stereocenters. The molecule has 9 heteroatoms. The predicted molar refractivity (Wildman–Crippen MR) is 63.5 cm³/mol. The van der Waals surface area contributed by atoms with Crippen LogP contribution < -0.4 is 0 Å². The van der Waals surface area contributed by atoms with Gasteiger partial charge in [-0.05, 0) is 14.1 Å². The van der Waals surface area contributed by atoms with Crippen LogP contribution >= 0.6 is 0 Å². The van der Waals surface area contributed by atoms with Crippen LogP contribution in [0, 0.1) is 0 Å². The quantitative estimate of drug-likeness (QED) is 0.329. The zero-order valence-electron chi connectivity index (χ0n) is 12.0. The number of quaternary nitrogens is 1.